The molecule has 1 aliphatic rings. The van der Waals surface area contributed by atoms with Gasteiger partial charge in [-0.3, -0.25) is 9.78 Å². The zero-order chi connectivity index (χ0) is 21.6. The molecule has 0 bridgehead atoms. The van der Waals surface area contributed by atoms with E-state index in [9.17, 15) is 9.59 Å². The Morgan fingerprint density at radius 3 is 2.10 bits per heavy atom. The van der Waals surface area contributed by atoms with Gasteiger partial charge in [0, 0.05) is 18.7 Å². The molecule has 8 heteroatoms. The van der Waals surface area contributed by atoms with E-state index >= 15 is 0 Å². The summed E-state index contributed by atoms with van der Waals surface area (Å²) in [7, 11) is 0. The number of carbonyl (C=O) groups is 2. The number of nitrogens with zero attached hydrogens (tertiary/aromatic N) is 3. The summed E-state index contributed by atoms with van der Waals surface area (Å²) >= 11 is 0. The van der Waals surface area contributed by atoms with Gasteiger partial charge < -0.3 is 20.1 Å². The molecule has 0 radical (unpaired) electrons. The van der Waals surface area contributed by atoms with Crippen LogP contribution >= 0.6 is 0 Å². The number of aromatic carboxylic acids is 1. The molecule has 3 aromatic rings. The summed E-state index contributed by atoms with van der Waals surface area (Å²) in [5, 5.41) is 11.7. The first-order chi connectivity index (χ1) is 15.1. The van der Waals surface area contributed by atoms with Gasteiger partial charge in [-0.05, 0) is 67.8 Å². The van der Waals surface area contributed by atoms with E-state index in [0.717, 1.165) is 31.7 Å². The summed E-state index contributed by atoms with van der Waals surface area (Å²) < 4.78 is 5.70. The van der Waals surface area contributed by atoms with Crippen molar-refractivity contribution in [2.75, 3.05) is 23.3 Å². The molecular weight excluding hydrogens is 396 g/mol. The minimum Gasteiger partial charge on any atom is -0.478 e. The topological polar surface area (TPSA) is 105 Å². The van der Waals surface area contributed by atoms with E-state index in [2.05, 4.69) is 20.2 Å². The zero-order valence-electron chi connectivity index (χ0n) is 16.8. The maximum atomic E-state index is 12.6. The number of anilines is 2. The van der Waals surface area contributed by atoms with Crippen molar-refractivity contribution in [3.8, 4) is 11.5 Å². The molecule has 0 unspecified atom stereocenters. The molecule has 0 atom stereocenters. The molecule has 8 nitrogen and oxygen atoms in total. The van der Waals surface area contributed by atoms with Crippen LogP contribution < -0.4 is 15.0 Å². The van der Waals surface area contributed by atoms with Crippen LogP contribution in [0.3, 0.4) is 0 Å². The Balaban J connectivity index is 1.38. The van der Waals surface area contributed by atoms with Gasteiger partial charge in [-0.2, -0.15) is 0 Å². The third-order valence-electron chi connectivity index (χ3n) is 5.00. The second kappa shape index (κ2) is 9.25. The number of nitrogens with one attached hydrogen (secondary N) is 1. The fourth-order valence-corrected chi connectivity index (χ4v) is 3.36. The van der Waals surface area contributed by atoms with Gasteiger partial charge in [0.2, 0.25) is 0 Å². The second-order valence-corrected chi connectivity index (χ2v) is 7.22. The van der Waals surface area contributed by atoms with E-state index in [1.807, 2.05) is 0 Å². The minimum absolute atomic E-state index is 0.187. The van der Waals surface area contributed by atoms with Gasteiger partial charge in [0.15, 0.2) is 5.82 Å². The van der Waals surface area contributed by atoms with E-state index in [0.29, 0.717) is 22.9 Å². The van der Waals surface area contributed by atoms with Crippen LogP contribution in [0.15, 0.2) is 60.9 Å². The summed E-state index contributed by atoms with van der Waals surface area (Å²) in [5.41, 5.74) is 0.644. The third-order valence-corrected chi connectivity index (χ3v) is 5.00. The normalized spacial score (nSPS) is 13.5. The van der Waals surface area contributed by atoms with E-state index < -0.39 is 5.97 Å². The average Bonchev–Trinajstić information content (AvgIpc) is 2.81. The van der Waals surface area contributed by atoms with Crippen LogP contribution in [0.1, 0.15) is 40.0 Å². The maximum absolute atomic E-state index is 12.6. The molecule has 1 aliphatic heterocycles. The lowest BCUT2D eigenvalue weighted by atomic mass is 10.1. The van der Waals surface area contributed by atoms with Gasteiger partial charge in [0.1, 0.15) is 17.3 Å². The Morgan fingerprint density at radius 2 is 1.48 bits per heavy atom. The number of carboxylic acids is 1. The fraction of sp³-hybridized carbons (Fsp3) is 0.217. The number of carboxylic acid groups (broad SMARTS) is 1. The highest BCUT2D eigenvalue weighted by molar-refractivity contribution is 6.03. The number of hydrogen-bond donors (Lipinski definition) is 2. The summed E-state index contributed by atoms with van der Waals surface area (Å²) in [6.07, 6.45) is 6.75. The molecule has 0 saturated carbocycles. The molecule has 2 heterocycles. The van der Waals surface area contributed by atoms with Crippen molar-refractivity contribution >= 4 is 23.5 Å². The molecular formula is C23H22N4O4. The highest BCUT2D eigenvalue weighted by Gasteiger charge is 2.14. The molecule has 31 heavy (non-hydrogen) atoms. The molecule has 1 amide bonds. The summed E-state index contributed by atoms with van der Waals surface area (Å²) in [6.45, 7) is 1.90. The summed E-state index contributed by atoms with van der Waals surface area (Å²) in [6, 6.07) is 12.8. The number of benzene rings is 2. The number of ether oxygens (including phenoxy) is 1. The van der Waals surface area contributed by atoms with E-state index in [-0.39, 0.29) is 11.5 Å². The van der Waals surface area contributed by atoms with Gasteiger partial charge >= 0.3 is 5.97 Å². The van der Waals surface area contributed by atoms with Gasteiger partial charge in [0.05, 0.1) is 18.0 Å². The zero-order valence-corrected chi connectivity index (χ0v) is 16.8. The van der Waals surface area contributed by atoms with Crippen molar-refractivity contribution in [3.05, 3.63) is 72.1 Å². The number of aromatic nitrogens is 2. The van der Waals surface area contributed by atoms with E-state index in [1.54, 1.807) is 42.6 Å². The molecule has 2 aromatic carbocycles. The highest BCUT2D eigenvalue weighted by Crippen LogP contribution is 2.23. The smallest absolute Gasteiger partial charge is 0.335 e. The van der Waals surface area contributed by atoms with E-state index in [1.165, 1.54) is 24.8 Å². The summed E-state index contributed by atoms with van der Waals surface area (Å²) in [5.74, 6) is 0.941. The number of rotatable bonds is 6. The van der Waals surface area contributed by atoms with Gasteiger partial charge in [0.25, 0.3) is 5.91 Å². The molecule has 4 rings (SSSR count). The molecule has 0 aliphatic carbocycles. The Kier molecular flexibility index (Phi) is 6.07. The SMILES string of the molecule is O=C(O)c1ccc(Oc2ccc(C(=O)Nc3cncc(N4CCCCC4)n3)cc2)cc1. The van der Waals surface area contributed by atoms with Gasteiger partial charge in [-0.1, -0.05) is 0 Å². The monoisotopic (exact) mass is 418 g/mol. The van der Waals surface area contributed by atoms with Crippen molar-refractivity contribution in [3.63, 3.8) is 0 Å². The largest absolute Gasteiger partial charge is 0.478 e. The lowest BCUT2D eigenvalue weighted by Gasteiger charge is -2.27. The van der Waals surface area contributed by atoms with E-state index in [4.69, 9.17) is 9.84 Å². The highest BCUT2D eigenvalue weighted by atomic mass is 16.5. The predicted octanol–water partition coefficient (Wildman–Crippen LogP) is 4.21. The maximum Gasteiger partial charge on any atom is 0.335 e. The van der Waals surface area contributed by atoms with Crippen LogP contribution in [0.5, 0.6) is 11.5 Å². The number of amides is 1. The van der Waals surface area contributed by atoms with Crippen molar-refractivity contribution in [2.24, 2.45) is 0 Å². The van der Waals surface area contributed by atoms with Gasteiger partial charge in [-0.25, -0.2) is 9.78 Å². The van der Waals surface area contributed by atoms with Crippen molar-refractivity contribution in [1.82, 2.24) is 9.97 Å². The fourth-order valence-electron chi connectivity index (χ4n) is 3.36. The van der Waals surface area contributed by atoms with Crippen molar-refractivity contribution in [2.45, 2.75) is 19.3 Å². The Labute approximate surface area is 179 Å². The quantitative estimate of drug-likeness (QED) is 0.618. The molecule has 158 valence electrons. The second-order valence-electron chi connectivity index (χ2n) is 7.22. The number of hydrogen-bond acceptors (Lipinski definition) is 6. The van der Waals surface area contributed by atoms with Crippen LogP contribution in [-0.4, -0.2) is 40.0 Å². The molecule has 1 aromatic heterocycles. The first-order valence-electron chi connectivity index (χ1n) is 10.1. The minimum atomic E-state index is -0.993. The predicted molar refractivity (Wildman–Crippen MR) is 116 cm³/mol. The van der Waals surface area contributed by atoms with Gasteiger partial charge in [-0.15, -0.1) is 0 Å². The molecule has 0 spiro atoms. The van der Waals surface area contributed by atoms with Crippen molar-refractivity contribution < 1.29 is 19.4 Å². The molecule has 1 fully saturated rings. The van der Waals surface area contributed by atoms with Crippen LogP contribution in [-0.2, 0) is 0 Å². The Hall–Kier alpha value is -3.94. The van der Waals surface area contributed by atoms with Crippen molar-refractivity contribution in [1.29, 1.82) is 0 Å². The average molecular weight is 418 g/mol. The Bertz CT molecular complexity index is 1060. The van der Waals surface area contributed by atoms with Crippen LogP contribution in [0.4, 0.5) is 11.6 Å². The lowest BCUT2D eigenvalue weighted by Crippen LogP contribution is -2.30. The van der Waals surface area contributed by atoms with Crippen LogP contribution in [0.2, 0.25) is 0 Å². The van der Waals surface area contributed by atoms with Crippen LogP contribution in [0, 0.1) is 0 Å². The first kappa shape index (κ1) is 20.3. The molecule has 2 N–H and O–H groups in total. The lowest BCUT2D eigenvalue weighted by molar-refractivity contribution is 0.0696. The molecule has 1 saturated heterocycles. The third kappa shape index (κ3) is 5.16. The summed E-state index contributed by atoms with van der Waals surface area (Å²) in [4.78, 5) is 34.4. The number of carbonyl (C=O) groups excluding carboxylic acids is 1. The Morgan fingerprint density at radius 1 is 0.871 bits per heavy atom. The first-order valence-corrected chi connectivity index (χ1v) is 10.1. The van der Waals surface area contributed by atoms with Crippen LogP contribution in [0.25, 0.3) is 0 Å². The number of piperidine rings is 1. The standard InChI is InChI=1S/C23H22N4O4/c28-22(26-20-14-24-15-21(25-20)27-12-2-1-3-13-27)16-4-8-18(9-5-16)31-19-10-6-17(7-11-19)23(29)30/h4-11,14-15H,1-3,12-13H2,(H,29,30)(H,25,26,28).